The molecule has 0 saturated carbocycles. The third-order valence-electron chi connectivity index (χ3n) is 5.43. The largest absolute Gasteiger partial charge is 0.339 e. The first-order chi connectivity index (χ1) is 11.6. The summed E-state index contributed by atoms with van der Waals surface area (Å²) in [7, 11) is -2.24. The van der Waals surface area contributed by atoms with Gasteiger partial charge in [0.05, 0.1) is 11.4 Å². The fourth-order valence-electron chi connectivity index (χ4n) is 3.30. The predicted molar refractivity (Wildman–Crippen MR) is 99.4 cm³/mol. The summed E-state index contributed by atoms with van der Waals surface area (Å²) in [4.78, 5) is 14.5. The zero-order chi connectivity index (χ0) is 18.9. The van der Waals surface area contributed by atoms with Crippen molar-refractivity contribution in [2.75, 3.05) is 39.8 Å². The van der Waals surface area contributed by atoms with Gasteiger partial charge in [0.1, 0.15) is 0 Å². The minimum Gasteiger partial charge on any atom is -0.339 e. The van der Waals surface area contributed by atoms with Crippen LogP contribution in [0.4, 0.5) is 0 Å². The Bertz CT molecular complexity index is 752. The van der Waals surface area contributed by atoms with Crippen molar-refractivity contribution in [3.05, 3.63) is 27.8 Å². The molecule has 2 rings (SSSR count). The van der Waals surface area contributed by atoms with Gasteiger partial charge in [-0.1, -0.05) is 0 Å². The summed E-state index contributed by atoms with van der Waals surface area (Å²) in [5.41, 5.74) is 4.63. The molecule has 0 bridgehead atoms. The zero-order valence-electron chi connectivity index (χ0n) is 16.1. The predicted octanol–water partition coefficient (Wildman–Crippen LogP) is 1.28. The van der Waals surface area contributed by atoms with Gasteiger partial charge in [0.2, 0.25) is 15.9 Å². The molecule has 25 heavy (non-hydrogen) atoms. The maximum atomic E-state index is 13.2. The lowest BCUT2D eigenvalue weighted by Crippen LogP contribution is -2.49. The van der Waals surface area contributed by atoms with E-state index in [1.54, 1.807) is 4.90 Å². The molecule has 0 aliphatic carbocycles. The van der Waals surface area contributed by atoms with Gasteiger partial charge in [-0.25, -0.2) is 8.42 Å². The first-order valence-corrected chi connectivity index (χ1v) is 10.0. The van der Waals surface area contributed by atoms with Crippen molar-refractivity contribution >= 4 is 15.9 Å². The van der Waals surface area contributed by atoms with Gasteiger partial charge in [0.15, 0.2) is 0 Å². The van der Waals surface area contributed by atoms with Gasteiger partial charge in [-0.15, -0.1) is 0 Å². The van der Waals surface area contributed by atoms with Crippen molar-refractivity contribution in [1.29, 1.82) is 0 Å². The Kier molecular flexibility index (Phi) is 5.91. The minimum absolute atomic E-state index is 0.132. The van der Waals surface area contributed by atoms with Crippen LogP contribution in [0.25, 0.3) is 0 Å². The minimum atomic E-state index is -3.73. The van der Waals surface area contributed by atoms with E-state index in [0.717, 1.165) is 40.9 Å². The van der Waals surface area contributed by atoms with Gasteiger partial charge in [-0.2, -0.15) is 4.31 Å². The van der Waals surface area contributed by atoms with Crippen molar-refractivity contribution in [3.63, 3.8) is 0 Å². The topological polar surface area (TPSA) is 69.7 Å². The summed E-state index contributed by atoms with van der Waals surface area (Å²) in [6.45, 7) is 12.2. The molecule has 6 nitrogen and oxygen atoms in total. The van der Waals surface area contributed by atoms with Crippen LogP contribution in [0.5, 0.6) is 0 Å². The van der Waals surface area contributed by atoms with Gasteiger partial charge in [0.25, 0.3) is 0 Å². The molecule has 1 aromatic carbocycles. The van der Waals surface area contributed by atoms with Crippen LogP contribution in [-0.2, 0) is 14.8 Å². The molecular weight excluding hydrogens is 338 g/mol. The average molecular weight is 368 g/mol. The first-order valence-electron chi connectivity index (χ1n) is 8.60. The average Bonchev–Trinajstić information content (AvgIpc) is 2.58. The summed E-state index contributed by atoms with van der Waals surface area (Å²) in [6, 6.07) is 0. The van der Waals surface area contributed by atoms with E-state index in [1.807, 2.05) is 34.6 Å². The molecular formula is C18H29N3O3S. The van der Waals surface area contributed by atoms with E-state index in [2.05, 4.69) is 5.32 Å². The standard InChI is InChI=1S/C18H29N3O3S/c1-12-13(2)15(4)18(16(5)14(12)3)25(23,24)20(6)11-17(22)21-9-7-19-8-10-21/h19H,7-11H2,1-6H3. The molecule has 0 spiro atoms. The Morgan fingerprint density at radius 2 is 1.40 bits per heavy atom. The summed E-state index contributed by atoms with van der Waals surface area (Å²) in [6.07, 6.45) is 0. The molecule has 1 aliphatic heterocycles. The number of sulfonamides is 1. The lowest BCUT2D eigenvalue weighted by molar-refractivity contribution is -0.131. The molecule has 1 fully saturated rings. The van der Waals surface area contributed by atoms with Gasteiger partial charge < -0.3 is 10.2 Å². The van der Waals surface area contributed by atoms with Crippen molar-refractivity contribution in [2.24, 2.45) is 0 Å². The fraction of sp³-hybridized carbons (Fsp3) is 0.611. The monoisotopic (exact) mass is 367 g/mol. The van der Waals surface area contributed by atoms with Crippen LogP contribution in [-0.4, -0.2) is 63.3 Å². The first kappa shape index (κ1) is 19.9. The normalized spacial score (nSPS) is 15.7. The van der Waals surface area contributed by atoms with Crippen LogP contribution in [0.1, 0.15) is 27.8 Å². The number of nitrogens with one attached hydrogen (secondary N) is 1. The highest BCUT2D eigenvalue weighted by Crippen LogP contribution is 2.31. The van der Waals surface area contributed by atoms with Crippen molar-refractivity contribution in [3.8, 4) is 0 Å². The third-order valence-corrected chi connectivity index (χ3v) is 7.51. The molecule has 0 unspecified atom stereocenters. The molecule has 1 heterocycles. The van der Waals surface area contributed by atoms with E-state index in [9.17, 15) is 13.2 Å². The van der Waals surface area contributed by atoms with Gasteiger partial charge in [0, 0.05) is 33.2 Å². The number of amides is 1. The fourth-order valence-corrected chi connectivity index (χ4v) is 4.97. The van der Waals surface area contributed by atoms with E-state index < -0.39 is 10.0 Å². The van der Waals surface area contributed by atoms with E-state index >= 15 is 0 Å². The highest BCUT2D eigenvalue weighted by molar-refractivity contribution is 7.89. The quantitative estimate of drug-likeness (QED) is 0.870. The molecule has 140 valence electrons. The number of hydrogen-bond acceptors (Lipinski definition) is 4. The Labute approximate surface area is 151 Å². The van der Waals surface area contributed by atoms with E-state index in [1.165, 1.54) is 11.4 Å². The number of hydrogen-bond donors (Lipinski definition) is 1. The zero-order valence-corrected chi connectivity index (χ0v) is 16.9. The lowest BCUT2D eigenvalue weighted by atomic mass is 9.95. The van der Waals surface area contributed by atoms with Crippen LogP contribution in [0.2, 0.25) is 0 Å². The van der Waals surface area contributed by atoms with Crippen LogP contribution < -0.4 is 5.32 Å². The maximum Gasteiger partial charge on any atom is 0.243 e. The second kappa shape index (κ2) is 7.43. The number of benzene rings is 1. The van der Waals surface area contributed by atoms with Gasteiger partial charge >= 0.3 is 0 Å². The Morgan fingerprint density at radius 3 is 1.88 bits per heavy atom. The molecule has 1 saturated heterocycles. The van der Waals surface area contributed by atoms with E-state index in [4.69, 9.17) is 0 Å². The summed E-state index contributed by atoms with van der Waals surface area (Å²) < 4.78 is 27.5. The van der Waals surface area contributed by atoms with Crippen molar-refractivity contribution in [1.82, 2.24) is 14.5 Å². The van der Waals surface area contributed by atoms with Crippen LogP contribution in [0.3, 0.4) is 0 Å². The van der Waals surface area contributed by atoms with E-state index in [0.29, 0.717) is 18.0 Å². The SMILES string of the molecule is Cc1c(C)c(C)c(S(=O)(=O)N(C)CC(=O)N2CCNCC2)c(C)c1C. The smallest absolute Gasteiger partial charge is 0.243 e. The molecule has 0 atom stereocenters. The summed E-state index contributed by atoms with van der Waals surface area (Å²) in [5, 5.41) is 3.19. The molecule has 0 radical (unpaired) electrons. The van der Waals surface area contributed by atoms with Gasteiger partial charge in [-0.05, 0) is 62.4 Å². The van der Waals surface area contributed by atoms with Crippen molar-refractivity contribution < 1.29 is 13.2 Å². The highest BCUT2D eigenvalue weighted by Gasteiger charge is 2.30. The highest BCUT2D eigenvalue weighted by atomic mass is 32.2. The number of piperazine rings is 1. The summed E-state index contributed by atoms with van der Waals surface area (Å²) in [5.74, 6) is -0.150. The number of carbonyl (C=O) groups is 1. The van der Waals surface area contributed by atoms with Crippen LogP contribution >= 0.6 is 0 Å². The molecule has 1 aliphatic rings. The number of nitrogens with zero attached hydrogens (tertiary/aromatic N) is 2. The molecule has 1 aromatic rings. The number of carbonyl (C=O) groups excluding carboxylic acids is 1. The molecule has 1 N–H and O–H groups in total. The van der Waals surface area contributed by atoms with Gasteiger partial charge in [-0.3, -0.25) is 4.79 Å². The Balaban J connectivity index is 2.34. The van der Waals surface area contributed by atoms with Crippen LogP contribution in [0, 0.1) is 34.6 Å². The molecule has 7 heteroatoms. The molecule has 0 aromatic heterocycles. The Hall–Kier alpha value is -1.44. The number of likely N-dealkylation sites (N-methyl/N-ethyl adjacent to an activating group) is 1. The maximum absolute atomic E-state index is 13.2. The van der Waals surface area contributed by atoms with Crippen LogP contribution in [0.15, 0.2) is 4.90 Å². The van der Waals surface area contributed by atoms with Crippen molar-refractivity contribution in [2.45, 2.75) is 39.5 Å². The lowest BCUT2D eigenvalue weighted by Gasteiger charge is -2.29. The second-order valence-corrected chi connectivity index (χ2v) is 8.83. The Morgan fingerprint density at radius 1 is 0.960 bits per heavy atom. The second-order valence-electron chi connectivity index (χ2n) is 6.85. The summed E-state index contributed by atoms with van der Waals surface area (Å²) >= 11 is 0. The number of rotatable bonds is 4. The molecule has 1 amide bonds. The van der Waals surface area contributed by atoms with E-state index in [-0.39, 0.29) is 12.5 Å². The third kappa shape index (κ3) is 3.73.